The van der Waals surface area contributed by atoms with Crippen LogP contribution in [0.15, 0.2) is 48.5 Å². The summed E-state index contributed by atoms with van der Waals surface area (Å²) in [7, 11) is 0. The molecule has 0 aliphatic heterocycles. The maximum Gasteiger partial charge on any atom is 0.253 e. The van der Waals surface area contributed by atoms with Crippen LogP contribution in [0.5, 0.6) is 5.75 Å². The van der Waals surface area contributed by atoms with E-state index in [2.05, 4.69) is 5.32 Å². The van der Waals surface area contributed by atoms with E-state index in [1.54, 1.807) is 19.1 Å². The number of benzene rings is 3. The van der Waals surface area contributed by atoms with Gasteiger partial charge in [0.15, 0.2) is 6.29 Å². The molecular formula is C25H22Cl2FNO3. The van der Waals surface area contributed by atoms with Crippen molar-refractivity contribution in [3.63, 3.8) is 0 Å². The van der Waals surface area contributed by atoms with Crippen molar-refractivity contribution in [2.45, 2.75) is 26.8 Å². The average Bonchev–Trinajstić information content (AvgIpc) is 2.76. The Morgan fingerprint density at radius 2 is 1.91 bits per heavy atom. The first-order valence-corrected chi connectivity index (χ1v) is 10.8. The number of aldehydes is 1. The van der Waals surface area contributed by atoms with Crippen LogP contribution in [0.2, 0.25) is 10.0 Å². The summed E-state index contributed by atoms with van der Waals surface area (Å²) in [6.07, 6.45) is 1.32. The number of rotatable bonds is 8. The predicted molar refractivity (Wildman–Crippen MR) is 125 cm³/mol. The molecule has 0 radical (unpaired) electrons. The Hall–Kier alpha value is -2.89. The fraction of sp³-hybridized carbons (Fsp3) is 0.200. The van der Waals surface area contributed by atoms with E-state index in [4.69, 9.17) is 27.9 Å². The maximum atomic E-state index is 13.9. The lowest BCUT2D eigenvalue weighted by Gasteiger charge is -2.15. The monoisotopic (exact) mass is 473 g/mol. The highest BCUT2D eigenvalue weighted by atomic mass is 35.5. The van der Waals surface area contributed by atoms with Gasteiger partial charge in [-0.25, -0.2) is 4.39 Å². The molecule has 3 aromatic carbocycles. The van der Waals surface area contributed by atoms with Gasteiger partial charge in [0.05, 0.1) is 22.8 Å². The third kappa shape index (κ3) is 5.47. The van der Waals surface area contributed by atoms with Gasteiger partial charge < -0.3 is 10.1 Å². The van der Waals surface area contributed by atoms with Crippen molar-refractivity contribution in [1.82, 2.24) is 5.32 Å². The van der Waals surface area contributed by atoms with E-state index in [0.717, 1.165) is 23.1 Å². The molecule has 0 atom stereocenters. The van der Waals surface area contributed by atoms with Crippen LogP contribution in [-0.2, 0) is 6.54 Å². The number of nitrogens with one attached hydrogen (secondary N) is 1. The summed E-state index contributed by atoms with van der Waals surface area (Å²) in [5.74, 6) is -0.273. The number of halogens is 3. The molecule has 0 bridgehead atoms. The number of carbonyl (C=O) groups excluding carboxylic acids is 2. The van der Waals surface area contributed by atoms with Gasteiger partial charge in [-0.15, -0.1) is 0 Å². The lowest BCUT2D eigenvalue weighted by Crippen LogP contribution is -2.23. The molecule has 0 fully saturated rings. The van der Waals surface area contributed by atoms with Crippen LogP contribution in [-0.4, -0.2) is 18.8 Å². The normalized spacial score (nSPS) is 10.7. The highest BCUT2D eigenvalue weighted by molar-refractivity contribution is 6.36. The first-order valence-electron chi connectivity index (χ1n) is 10.1. The molecule has 0 saturated carbocycles. The fourth-order valence-electron chi connectivity index (χ4n) is 3.27. The third-order valence-electron chi connectivity index (χ3n) is 4.92. The van der Waals surface area contributed by atoms with Crippen LogP contribution in [0.4, 0.5) is 4.39 Å². The van der Waals surface area contributed by atoms with Crippen molar-refractivity contribution < 1.29 is 18.7 Å². The number of hydrogen-bond acceptors (Lipinski definition) is 3. The van der Waals surface area contributed by atoms with E-state index < -0.39 is 5.82 Å². The van der Waals surface area contributed by atoms with Crippen molar-refractivity contribution in [2.24, 2.45) is 0 Å². The second kappa shape index (κ2) is 10.6. The fourth-order valence-corrected chi connectivity index (χ4v) is 3.77. The van der Waals surface area contributed by atoms with Gasteiger partial charge in [0.1, 0.15) is 11.6 Å². The summed E-state index contributed by atoms with van der Waals surface area (Å²) in [5, 5.41) is 3.56. The zero-order valence-corrected chi connectivity index (χ0v) is 19.2. The molecule has 0 aliphatic carbocycles. The smallest absolute Gasteiger partial charge is 0.253 e. The third-order valence-corrected chi connectivity index (χ3v) is 5.47. The molecule has 3 rings (SSSR count). The summed E-state index contributed by atoms with van der Waals surface area (Å²) in [4.78, 5) is 23.8. The summed E-state index contributed by atoms with van der Waals surface area (Å²) in [6, 6.07) is 13.1. The molecule has 32 heavy (non-hydrogen) atoms. The predicted octanol–water partition coefficient (Wildman–Crippen LogP) is 6.64. The molecule has 166 valence electrons. The molecule has 1 amide bonds. The zero-order valence-electron chi connectivity index (χ0n) is 17.7. The number of carbonyl (C=O) groups is 2. The van der Waals surface area contributed by atoms with E-state index >= 15 is 0 Å². The highest BCUT2D eigenvalue weighted by Gasteiger charge is 2.14. The SMILES string of the molecule is CCCOc1ccc(-c2cc(C=O)c(F)cc2C)cc1CNC(=O)c1ccc(Cl)cc1Cl. The van der Waals surface area contributed by atoms with Crippen molar-refractivity contribution in [2.75, 3.05) is 6.61 Å². The van der Waals surface area contributed by atoms with Gasteiger partial charge in [-0.3, -0.25) is 9.59 Å². The lowest BCUT2D eigenvalue weighted by atomic mass is 9.96. The van der Waals surface area contributed by atoms with E-state index in [1.807, 2.05) is 25.1 Å². The molecule has 7 heteroatoms. The van der Waals surface area contributed by atoms with Crippen LogP contribution in [0, 0.1) is 12.7 Å². The van der Waals surface area contributed by atoms with Gasteiger partial charge in [-0.05, 0) is 72.5 Å². The Bertz CT molecular complexity index is 1160. The van der Waals surface area contributed by atoms with Crippen LogP contribution >= 0.6 is 23.2 Å². The quantitative estimate of drug-likeness (QED) is 0.373. The molecule has 3 aromatic rings. The van der Waals surface area contributed by atoms with Gasteiger partial charge in [0, 0.05) is 17.1 Å². The van der Waals surface area contributed by atoms with Crippen molar-refractivity contribution in [3.8, 4) is 16.9 Å². The average molecular weight is 474 g/mol. The number of aryl methyl sites for hydroxylation is 1. The number of ether oxygens (including phenoxy) is 1. The Labute approximate surface area is 196 Å². The van der Waals surface area contributed by atoms with E-state index in [9.17, 15) is 14.0 Å². The zero-order chi connectivity index (χ0) is 23.3. The minimum Gasteiger partial charge on any atom is -0.493 e. The number of hydrogen-bond donors (Lipinski definition) is 1. The summed E-state index contributed by atoms with van der Waals surface area (Å²) < 4.78 is 19.8. The van der Waals surface area contributed by atoms with E-state index in [0.29, 0.717) is 34.8 Å². The van der Waals surface area contributed by atoms with Gasteiger partial charge >= 0.3 is 0 Å². The molecule has 0 aliphatic rings. The Morgan fingerprint density at radius 1 is 1.12 bits per heavy atom. The Balaban J connectivity index is 1.93. The molecule has 0 unspecified atom stereocenters. The topological polar surface area (TPSA) is 55.4 Å². The van der Waals surface area contributed by atoms with E-state index in [-0.39, 0.29) is 23.0 Å². The second-order valence-electron chi connectivity index (χ2n) is 7.28. The molecular weight excluding hydrogens is 452 g/mol. The number of amides is 1. The largest absolute Gasteiger partial charge is 0.493 e. The lowest BCUT2D eigenvalue weighted by molar-refractivity contribution is 0.0950. The van der Waals surface area contributed by atoms with Crippen LogP contribution in [0.1, 0.15) is 45.2 Å². The van der Waals surface area contributed by atoms with Gasteiger partial charge in [0.25, 0.3) is 5.91 Å². The van der Waals surface area contributed by atoms with Crippen LogP contribution in [0.3, 0.4) is 0 Å². The molecule has 1 N–H and O–H groups in total. The molecule has 0 spiro atoms. The molecule has 0 saturated heterocycles. The van der Waals surface area contributed by atoms with Gasteiger partial charge in [0.2, 0.25) is 0 Å². The molecule has 0 heterocycles. The van der Waals surface area contributed by atoms with Crippen molar-refractivity contribution in [1.29, 1.82) is 0 Å². The maximum absolute atomic E-state index is 13.9. The van der Waals surface area contributed by atoms with Crippen molar-refractivity contribution in [3.05, 3.63) is 86.6 Å². The standard InChI is InChI=1S/C25H22Cl2FNO3/c1-3-8-32-24-7-4-16(21-11-18(14-30)23(28)9-15(21)2)10-17(24)13-29-25(31)20-6-5-19(26)12-22(20)27/h4-7,9-12,14H,3,8,13H2,1-2H3,(H,29,31). The minimum atomic E-state index is -0.559. The summed E-state index contributed by atoms with van der Waals surface area (Å²) >= 11 is 12.0. The second-order valence-corrected chi connectivity index (χ2v) is 8.13. The van der Waals surface area contributed by atoms with E-state index in [1.165, 1.54) is 18.2 Å². The molecule has 4 nitrogen and oxygen atoms in total. The molecule has 0 aromatic heterocycles. The Morgan fingerprint density at radius 3 is 2.59 bits per heavy atom. The Kier molecular flexibility index (Phi) is 7.89. The summed E-state index contributed by atoms with van der Waals surface area (Å²) in [6.45, 7) is 4.49. The van der Waals surface area contributed by atoms with Crippen LogP contribution in [0.25, 0.3) is 11.1 Å². The minimum absolute atomic E-state index is 0.0101. The van der Waals surface area contributed by atoms with Gasteiger partial charge in [-0.2, -0.15) is 0 Å². The summed E-state index contributed by atoms with van der Waals surface area (Å²) in [5.41, 5.74) is 3.24. The van der Waals surface area contributed by atoms with Gasteiger partial charge in [-0.1, -0.05) is 36.2 Å². The highest BCUT2D eigenvalue weighted by Crippen LogP contribution is 2.31. The van der Waals surface area contributed by atoms with Crippen molar-refractivity contribution >= 4 is 35.4 Å². The van der Waals surface area contributed by atoms with Crippen LogP contribution < -0.4 is 10.1 Å². The first-order chi connectivity index (χ1) is 15.3. The first kappa shape index (κ1) is 23.8.